The molecular weight excluding hydrogens is 299 g/mol. The number of alkyl halides is 1. The Morgan fingerprint density at radius 2 is 1.60 bits per heavy atom. The van der Waals surface area contributed by atoms with Gasteiger partial charge in [-0.2, -0.15) is 0 Å². The van der Waals surface area contributed by atoms with Gasteiger partial charge in [-0.25, -0.2) is 0 Å². The van der Waals surface area contributed by atoms with E-state index < -0.39 is 0 Å². The van der Waals surface area contributed by atoms with E-state index in [0.29, 0.717) is 33.9 Å². The molecule has 3 nitrogen and oxygen atoms in total. The molecule has 0 aromatic heterocycles. The van der Waals surface area contributed by atoms with Gasteiger partial charge in [-0.3, -0.25) is 0 Å². The average Bonchev–Trinajstić information content (AvgIpc) is 2.47. The van der Waals surface area contributed by atoms with Crippen LogP contribution in [-0.2, 0) is 5.88 Å². The molecule has 0 saturated carbocycles. The van der Waals surface area contributed by atoms with E-state index in [1.807, 2.05) is 12.1 Å². The molecule has 106 valence electrons. The van der Waals surface area contributed by atoms with Gasteiger partial charge in [0.15, 0.2) is 11.5 Å². The first-order chi connectivity index (χ1) is 9.69. The molecule has 0 aliphatic rings. The maximum atomic E-state index is 6.00. The highest BCUT2D eigenvalue weighted by atomic mass is 35.5. The number of hydrogen-bond donors (Lipinski definition) is 0. The van der Waals surface area contributed by atoms with E-state index >= 15 is 0 Å². The van der Waals surface area contributed by atoms with Crippen molar-refractivity contribution in [2.45, 2.75) is 5.88 Å². The smallest absolute Gasteiger partial charge is 0.211 e. The lowest BCUT2D eigenvalue weighted by atomic mass is 10.2. The van der Waals surface area contributed by atoms with Crippen LogP contribution in [0, 0.1) is 0 Å². The summed E-state index contributed by atoms with van der Waals surface area (Å²) in [6.45, 7) is 0. The Morgan fingerprint density at radius 3 is 2.15 bits per heavy atom. The summed E-state index contributed by atoms with van der Waals surface area (Å²) in [6, 6.07) is 10.7. The normalized spacial score (nSPS) is 10.2. The standard InChI is InChI=1S/C15H14Cl2O3/c1-18-12-4-3-5-13(19-2)15(12)20-14-8-11(17)7-6-10(14)9-16/h3-8H,9H2,1-2H3. The first-order valence-electron chi connectivity index (χ1n) is 5.92. The van der Waals surface area contributed by atoms with Crippen LogP contribution in [0.25, 0.3) is 0 Å². The molecule has 5 heteroatoms. The fourth-order valence-corrected chi connectivity index (χ4v) is 2.14. The molecule has 0 heterocycles. The van der Waals surface area contributed by atoms with Crippen molar-refractivity contribution in [2.75, 3.05) is 14.2 Å². The van der Waals surface area contributed by atoms with Gasteiger partial charge in [0.05, 0.1) is 20.1 Å². The van der Waals surface area contributed by atoms with Crippen LogP contribution in [0.3, 0.4) is 0 Å². The highest BCUT2D eigenvalue weighted by Gasteiger charge is 2.14. The Bertz CT molecular complexity index is 577. The molecule has 0 radical (unpaired) electrons. The van der Waals surface area contributed by atoms with Gasteiger partial charge in [0.1, 0.15) is 5.75 Å². The second-order valence-corrected chi connectivity index (χ2v) is 4.68. The monoisotopic (exact) mass is 312 g/mol. The van der Waals surface area contributed by atoms with Gasteiger partial charge in [-0.15, -0.1) is 11.6 Å². The summed E-state index contributed by atoms with van der Waals surface area (Å²) in [5.41, 5.74) is 0.837. The average molecular weight is 313 g/mol. The van der Waals surface area contributed by atoms with Gasteiger partial charge in [0, 0.05) is 10.6 Å². The van der Waals surface area contributed by atoms with E-state index in [1.165, 1.54) is 0 Å². The number of ether oxygens (including phenoxy) is 3. The van der Waals surface area contributed by atoms with Crippen LogP contribution in [0.1, 0.15) is 5.56 Å². The summed E-state index contributed by atoms with van der Waals surface area (Å²) in [5.74, 6) is 2.54. The fraction of sp³-hybridized carbons (Fsp3) is 0.200. The van der Waals surface area contributed by atoms with E-state index in [0.717, 1.165) is 5.56 Å². The minimum atomic E-state index is 0.323. The number of methoxy groups -OCH3 is 2. The van der Waals surface area contributed by atoms with E-state index in [2.05, 4.69) is 0 Å². The highest BCUT2D eigenvalue weighted by molar-refractivity contribution is 6.30. The number of hydrogen-bond acceptors (Lipinski definition) is 3. The lowest BCUT2D eigenvalue weighted by molar-refractivity contribution is 0.345. The van der Waals surface area contributed by atoms with E-state index in [-0.39, 0.29) is 0 Å². The van der Waals surface area contributed by atoms with Crippen LogP contribution in [0.2, 0.25) is 5.02 Å². The molecule has 0 aliphatic heterocycles. The number of benzene rings is 2. The SMILES string of the molecule is COc1cccc(OC)c1Oc1cc(Cl)ccc1CCl. The van der Waals surface area contributed by atoms with Gasteiger partial charge in [-0.1, -0.05) is 23.7 Å². The Balaban J connectivity index is 2.46. The molecule has 0 amide bonds. The van der Waals surface area contributed by atoms with Gasteiger partial charge < -0.3 is 14.2 Å². The second kappa shape index (κ2) is 6.73. The Kier molecular flexibility index (Phi) is 4.99. The summed E-state index contributed by atoms with van der Waals surface area (Å²) in [7, 11) is 3.14. The van der Waals surface area contributed by atoms with Gasteiger partial charge in [0.2, 0.25) is 5.75 Å². The summed E-state index contributed by atoms with van der Waals surface area (Å²) in [6.07, 6.45) is 0. The van der Waals surface area contributed by atoms with Crippen molar-refractivity contribution in [2.24, 2.45) is 0 Å². The van der Waals surface area contributed by atoms with Crippen LogP contribution >= 0.6 is 23.2 Å². The van der Waals surface area contributed by atoms with Crippen molar-refractivity contribution in [1.29, 1.82) is 0 Å². The maximum absolute atomic E-state index is 6.00. The van der Waals surface area contributed by atoms with Crippen LogP contribution in [-0.4, -0.2) is 14.2 Å². The van der Waals surface area contributed by atoms with E-state index in [9.17, 15) is 0 Å². The molecule has 2 aromatic carbocycles. The Morgan fingerprint density at radius 1 is 0.950 bits per heavy atom. The Labute approximate surface area is 128 Å². The first kappa shape index (κ1) is 14.8. The molecule has 0 N–H and O–H groups in total. The molecule has 2 rings (SSSR count). The lowest BCUT2D eigenvalue weighted by Gasteiger charge is -2.15. The lowest BCUT2D eigenvalue weighted by Crippen LogP contribution is -1.96. The second-order valence-electron chi connectivity index (χ2n) is 3.98. The third-order valence-corrected chi connectivity index (χ3v) is 3.29. The van der Waals surface area contributed by atoms with Crippen molar-refractivity contribution in [3.8, 4) is 23.0 Å². The third-order valence-electron chi connectivity index (χ3n) is 2.77. The van der Waals surface area contributed by atoms with Crippen LogP contribution in [0.15, 0.2) is 36.4 Å². The zero-order chi connectivity index (χ0) is 14.5. The van der Waals surface area contributed by atoms with Gasteiger partial charge in [-0.05, 0) is 24.3 Å². The highest BCUT2D eigenvalue weighted by Crippen LogP contribution is 2.41. The van der Waals surface area contributed by atoms with Gasteiger partial charge in [0.25, 0.3) is 0 Å². The van der Waals surface area contributed by atoms with Crippen molar-refractivity contribution < 1.29 is 14.2 Å². The number of halogens is 2. The molecule has 0 atom stereocenters. The molecular formula is C15H14Cl2O3. The minimum Gasteiger partial charge on any atom is -0.493 e. The molecule has 2 aromatic rings. The van der Waals surface area contributed by atoms with Crippen LogP contribution in [0.4, 0.5) is 0 Å². The topological polar surface area (TPSA) is 27.7 Å². The number of rotatable bonds is 5. The zero-order valence-electron chi connectivity index (χ0n) is 11.2. The predicted octanol–water partition coefficient (Wildman–Crippen LogP) is 4.89. The largest absolute Gasteiger partial charge is 0.493 e. The summed E-state index contributed by atoms with van der Waals surface area (Å²) < 4.78 is 16.5. The van der Waals surface area contributed by atoms with E-state index in [4.69, 9.17) is 37.4 Å². The predicted molar refractivity (Wildman–Crippen MR) is 80.6 cm³/mol. The molecule has 0 unspecified atom stereocenters. The van der Waals surface area contributed by atoms with Crippen molar-refractivity contribution in [3.05, 3.63) is 47.0 Å². The fourth-order valence-electron chi connectivity index (χ4n) is 1.76. The molecule has 20 heavy (non-hydrogen) atoms. The molecule has 0 saturated heterocycles. The molecule has 0 bridgehead atoms. The summed E-state index contributed by atoms with van der Waals surface area (Å²) >= 11 is 11.9. The summed E-state index contributed by atoms with van der Waals surface area (Å²) in [4.78, 5) is 0. The number of para-hydroxylation sites is 1. The molecule has 0 aliphatic carbocycles. The van der Waals surface area contributed by atoms with Crippen molar-refractivity contribution in [3.63, 3.8) is 0 Å². The van der Waals surface area contributed by atoms with E-state index in [1.54, 1.807) is 38.5 Å². The Hall–Kier alpha value is -1.58. The third kappa shape index (κ3) is 3.11. The minimum absolute atomic E-state index is 0.323. The zero-order valence-corrected chi connectivity index (χ0v) is 12.7. The maximum Gasteiger partial charge on any atom is 0.211 e. The first-order valence-corrected chi connectivity index (χ1v) is 6.84. The summed E-state index contributed by atoms with van der Waals surface area (Å²) in [5, 5.41) is 0.572. The quantitative estimate of drug-likeness (QED) is 0.736. The van der Waals surface area contributed by atoms with Crippen LogP contribution < -0.4 is 14.2 Å². The van der Waals surface area contributed by atoms with Crippen LogP contribution in [0.5, 0.6) is 23.0 Å². The van der Waals surface area contributed by atoms with Crippen molar-refractivity contribution in [1.82, 2.24) is 0 Å². The van der Waals surface area contributed by atoms with Gasteiger partial charge >= 0.3 is 0 Å². The molecule has 0 fully saturated rings. The van der Waals surface area contributed by atoms with Crippen molar-refractivity contribution >= 4 is 23.2 Å². The molecule has 0 spiro atoms.